The summed E-state index contributed by atoms with van der Waals surface area (Å²) in [7, 11) is 0. The summed E-state index contributed by atoms with van der Waals surface area (Å²) in [6, 6.07) is 0. The van der Waals surface area contributed by atoms with Crippen molar-refractivity contribution in [2.45, 2.75) is 92.2 Å². The molecule has 31 heavy (non-hydrogen) atoms. The van der Waals surface area contributed by atoms with Crippen LogP contribution < -0.4 is 0 Å². The van der Waals surface area contributed by atoms with Gasteiger partial charge in [0.2, 0.25) is 11.8 Å². The van der Waals surface area contributed by atoms with Gasteiger partial charge in [-0.2, -0.15) is 23.1 Å². The molecule has 0 atom stereocenters. The molecule has 0 spiro atoms. The van der Waals surface area contributed by atoms with E-state index >= 15 is 0 Å². The van der Waals surface area contributed by atoms with Gasteiger partial charge in [-0.3, -0.25) is 4.79 Å². The Bertz CT molecular complexity index is 780. The van der Waals surface area contributed by atoms with Gasteiger partial charge in [-0.15, -0.1) is 0 Å². The first-order valence-electron chi connectivity index (χ1n) is 10.5. The van der Waals surface area contributed by atoms with Gasteiger partial charge in [-0.25, -0.2) is 0 Å². The molecule has 1 saturated carbocycles. The van der Waals surface area contributed by atoms with Crippen LogP contribution in [0, 0.1) is 11.8 Å². The van der Waals surface area contributed by atoms with Crippen LogP contribution in [0.3, 0.4) is 0 Å². The van der Waals surface area contributed by atoms with Crippen molar-refractivity contribution in [3.8, 4) is 0 Å². The van der Waals surface area contributed by atoms with Crippen molar-refractivity contribution in [1.82, 2.24) is 20.3 Å². The summed E-state index contributed by atoms with van der Waals surface area (Å²) >= 11 is 0. The van der Waals surface area contributed by atoms with E-state index in [1.807, 2.05) is 27.7 Å². The van der Waals surface area contributed by atoms with E-state index in [0.717, 1.165) is 24.6 Å². The smallest absolute Gasteiger partial charge is 0.339 e. The Morgan fingerprint density at radius 3 is 1.55 bits per heavy atom. The first-order valence-corrected chi connectivity index (χ1v) is 10.5. The number of hydrogen-bond donors (Lipinski definition) is 0. The van der Waals surface area contributed by atoms with Crippen LogP contribution in [0.25, 0.3) is 0 Å². The highest BCUT2D eigenvalue weighted by Gasteiger charge is 2.37. The zero-order valence-electron chi connectivity index (χ0n) is 19.4. The van der Waals surface area contributed by atoms with Gasteiger partial charge < -0.3 is 9.05 Å². The molecule has 1 aliphatic carbocycles. The molecule has 7 nitrogen and oxygen atoms in total. The van der Waals surface area contributed by atoms with E-state index in [1.54, 1.807) is 13.8 Å². The number of nitrogens with zero attached hydrogens (tertiary/aromatic N) is 4. The van der Waals surface area contributed by atoms with Crippen LogP contribution in [-0.4, -0.2) is 26.1 Å². The Balaban J connectivity index is 0.000000237. The van der Waals surface area contributed by atoms with E-state index in [9.17, 15) is 18.0 Å². The second kappa shape index (κ2) is 11.4. The van der Waals surface area contributed by atoms with Crippen molar-refractivity contribution in [1.29, 1.82) is 0 Å². The van der Waals surface area contributed by atoms with Crippen molar-refractivity contribution in [2.24, 2.45) is 11.8 Å². The number of aromatic nitrogens is 4. The molecule has 2 heterocycles. The molecule has 2 aromatic rings. The maximum absolute atomic E-state index is 11.9. The van der Waals surface area contributed by atoms with E-state index in [4.69, 9.17) is 4.52 Å². The average Bonchev–Trinajstić information content (AvgIpc) is 3.17. The quantitative estimate of drug-likeness (QED) is 0.543. The highest BCUT2D eigenvalue weighted by molar-refractivity contribution is 5.84. The molecule has 10 heteroatoms. The maximum Gasteiger partial charge on any atom is 0.455 e. The van der Waals surface area contributed by atoms with Gasteiger partial charge in [-0.05, 0) is 12.8 Å². The van der Waals surface area contributed by atoms with Crippen molar-refractivity contribution in [3.05, 3.63) is 23.4 Å². The standard InChI is InChI=1S/C8H14N2O.C7H12O.C6H7F3N2O/c1-5(2)7-9-8(6(3)4)11-10-7;1-5(2)7(8)6-3-4-6;1-3(2)4-10-5(11-12-4)6(7,8)9/h5-6H,1-4H3;5-6H,3-4H2,1-2H3;3H,1-2H3. The summed E-state index contributed by atoms with van der Waals surface area (Å²) in [5.74, 6) is 1.99. The van der Waals surface area contributed by atoms with E-state index in [1.165, 1.54) is 0 Å². The summed E-state index contributed by atoms with van der Waals surface area (Å²) in [5.41, 5.74) is 0. The Kier molecular flexibility index (Phi) is 9.83. The van der Waals surface area contributed by atoms with Crippen LogP contribution in [0.5, 0.6) is 0 Å². The molecule has 0 amide bonds. The number of ketones is 1. The van der Waals surface area contributed by atoms with Crippen molar-refractivity contribution in [3.63, 3.8) is 0 Å². The second-order valence-electron chi connectivity index (χ2n) is 8.74. The van der Waals surface area contributed by atoms with Crippen LogP contribution in [0.2, 0.25) is 0 Å². The minimum Gasteiger partial charge on any atom is -0.339 e. The molecule has 0 bridgehead atoms. The molecule has 2 aromatic heterocycles. The van der Waals surface area contributed by atoms with Crippen molar-refractivity contribution in [2.75, 3.05) is 0 Å². The summed E-state index contributed by atoms with van der Waals surface area (Å²) in [5, 5.41) is 6.65. The third-order valence-corrected chi connectivity index (χ3v) is 4.21. The molecular weight excluding hydrogens is 413 g/mol. The first kappa shape index (κ1) is 26.8. The van der Waals surface area contributed by atoms with Crippen LogP contribution >= 0.6 is 0 Å². The van der Waals surface area contributed by atoms with Crippen LogP contribution in [0.4, 0.5) is 13.2 Å². The van der Waals surface area contributed by atoms with Crippen LogP contribution in [0.1, 0.15) is 109 Å². The monoisotopic (exact) mass is 446 g/mol. The van der Waals surface area contributed by atoms with Gasteiger partial charge in [0.25, 0.3) is 5.82 Å². The number of Topliss-reactive ketones (excluding diaryl/α,β-unsaturated/α-hetero) is 1. The SMILES string of the molecule is CC(C)C(=O)C1CC1.CC(C)c1nc(C(F)(F)F)no1.CC(C)c1noc(C(C)C)n1. The lowest BCUT2D eigenvalue weighted by Crippen LogP contribution is -2.08. The van der Waals surface area contributed by atoms with Gasteiger partial charge in [-0.1, -0.05) is 65.7 Å². The Labute approximate surface area is 181 Å². The molecule has 176 valence electrons. The third kappa shape index (κ3) is 9.18. The van der Waals surface area contributed by atoms with Gasteiger partial charge in [0.05, 0.1) is 0 Å². The predicted molar refractivity (Wildman–Crippen MR) is 108 cm³/mol. The fourth-order valence-corrected chi connectivity index (χ4v) is 2.14. The Morgan fingerprint density at radius 1 is 0.839 bits per heavy atom. The van der Waals surface area contributed by atoms with Crippen LogP contribution in [0.15, 0.2) is 9.05 Å². The maximum atomic E-state index is 11.9. The molecule has 0 unspecified atom stereocenters. The highest BCUT2D eigenvalue weighted by atomic mass is 19.4. The Morgan fingerprint density at radius 2 is 1.32 bits per heavy atom. The lowest BCUT2D eigenvalue weighted by Gasteiger charge is -1.98. The summed E-state index contributed by atoms with van der Waals surface area (Å²) in [6.07, 6.45) is -2.22. The number of rotatable bonds is 5. The molecular formula is C21H33F3N4O3. The topological polar surface area (TPSA) is 94.9 Å². The molecule has 0 aliphatic heterocycles. The number of alkyl halides is 3. The van der Waals surface area contributed by atoms with Crippen molar-refractivity contribution < 1.29 is 27.0 Å². The minimum absolute atomic E-state index is 0.00215. The lowest BCUT2D eigenvalue weighted by atomic mass is 10.1. The zero-order valence-corrected chi connectivity index (χ0v) is 19.4. The second-order valence-corrected chi connectivity index (χ2v) is 8.74. The molecule has 3 rings (SSSR count). The molecule has 0 radical (unpaired) electrons. The largest absolute Gasteiger partial charge is 0.455 e. The number of hydrogen-bond acceptors (Lipinski definition) is 7. The van der Waals surface area contributed by atoms with E-state index < -0.39 is 12.0 Å². The van der Waals surface area contributed by atoms with Gasteiger partial charge in [0, 0.05) is 29.6 Å². The van der Waals surface area contributed by atoms with Gasteiger partial charge >= 0.3 is 6.18 Å². The van der Waals surface area contributed by atoms with Crippen LogP contribution in [-0.2, 0) is 11.0 Å². The Hall–Kier alpha value is -2.26. The molecule has 0 saturated heterocycles. The normalized spacial score (nSPS) is 13.9. The molecule has 1 aliphatic rings. The summed E-state index contributed by atoms with van der Waals surface area (Å²) in [4.78, 5) is 18.3. The van der Waals surface area contributed by atoms with E-state index in [2.05, 4.69) is 38.7 Å². The third-order valence-electron chi connectivity index (χ3n) is 4.21. The summed E-state index contributed by atoms with van der Waals surface area (Å²) in [6.45, 7) is 15.5. The fourth-order valence-electron chi connectivity index (χ4n) is 2.14. The fraction of sp³-hybridized carbons (Fsp3) is 0.762. The number of halogens is 3. The minimum atomic E-state index is -4.52. The number of carbonyl (C=O) groups excluding carboxylic acids is 1. The van der Waals surface area contributed by atoms with E-state index in [-0.39, 0.29) is 17.7 Å². The molecule has 0 N–H and O–H groups in total. The highest BCUT2D eigenvalue weighted by Crippen LogP contribution is 2.32. The van der Waals surface area contributed by atoms with Gasteiger partial charge in [0.1, 0.15) is 5.78 Å². The summed E-state index contributed by atoms with van der Waals surface area (Å²) < 4.78 is 45.0. The lowest BCUT2D eigenvalue weighted by molar-refractivity contribution is -0.146. The zero-order chi connectivity index (χ0) is 23.9. The van der Waals surface area contributed by atoms with Gasteiger partial charge in [0.15, 0.2) is 5.82 Å². The van der Waals surface area contributed by atoms with E-state index in [0.29, 0.717) is 23.5 Å². The predicted octanol–water partition coefficient (Wildman–Crippen LogP) is 6.15. The van der Waals surface area contributed by atoms with Crippen molar-refractivity contribution >= 4 is 5.78 Å². The molecule has 1 fully saturated rings. The molecule has 0 aromatic carbocycles. The number of carbonyl (C=O) groups is 1. The average molecular weight is 447 g/mol. The first-order chi connectivity index (χ1) is 14.2.